The van der Waals surface area contributed by atoms with Gasteiger partial charge in [0.25, 0.3) is 0 Å². The van der Waals surface area contributed by atoms with Crippen molar-refractivity contribution in [2.75, 3.05) is 11.7 Å². The van der Waals surface area contributed by atoms with Crippen LogP contribution in [0, 0.1) is 0 Å². The van der Waals surface area contributed by atoms with E-state index in [1.54, 1.807) is 12.1 Å². The van der Waals surface area contributed by atoms with E-state index in [0.29, 0.717) is 6.67 Å². The van der Waals surface area contributed by atoms with Crippen molar-refractivity contribution in [1.82, 2.24) is 10.3 Å². The van der Waals surface area contributed by atoms with E-state index in [4.69, 9.17) is 11.6 Å². The van der Waals surface area contributed by atoms with Crippen LogP contribution in [-0.2, 0) is 6.54 Å². The number of nitrogens with zero attached hydrogens (tertiary/aromatic N) is 2. The van der Waals surface area contributed by atoms with Crippen molar-refractivity contribution < 1.29 is 5.11 Å². The number of para-hydroxylation sites is 2. The Balaban J connectivity index is 1.77. The molecule has 0 aromatic heterocycles. The van der Waals surface area contributed by atoms with Crippen LogP contribution in [0.3, 0.4) is 0 Å². The molecule has 3 rings (SSSR count). The van der Waals surface area contributed by atoms with Gasteiger partial charge in [-0.3, -0.25) is 10.4 Å². The quantitative estimate of drug-likeness (QED) is 0.789. The molecule has 0 saturated heterocycles. The summed E-state index contributed by atoms with van der Waals surface area (Å²) in [7, 11) is 0. The SMILES string of the molecule is Oc1ccccc1N1CN(Cc2ccc(Cl)cc2)C=C(Br)N1. The van der Waals surface area contributed by atoms with E-state index in [-0.39, 0.29) is 5.75 Å². The van der Waals surface area contributed by atoms with Gasteiger partial charge < -0.3 is 10.0 Å². The molecule has 1 aliphatic heterocycles. The zero-order chi connectivity index (χ0) is 15.5. The molecule has 6 heteroatoms. The predicted molar refractivity (Wildman–Crippen MR) is 92.6 cm³/mol. The second-order valence-electron chi connectivity index (χ2n) is 5.02. The summed E-state index contributed by atoms with van der Waals surface area (Å²) >= 11 is 9.40. The van der Waals surface area contributed by atoms with Gasteiger partial charge in [-0.1, -0.05) is 35.9 Å². The molecule has 4 nitrogen and oxygen atoms in total. The van der Waals surface area contributed by atoms with E-state index in [1.165, 1.54) is 5.56 Å². The number of benzene rings is 2. The highest BCUT2D eigenvalue weighted by Crippen LogP contribution is 2.28. The molecule has 22 heavy (non-hydrogen) atoms. The van der Waals surface area contributed by atoms with Crippen molar-refractivity contribution in [2.45, 2.75) is 6.54 Å². The lowest BCUT2D eigenvalue weighted by Gasteiger charge is -2.36. The van der Waals surface area contributed by atoms with E-state index < -0.39 is 0 Å². The maximum absolute atomic E-state index is 10.0. The van der Waals surface area contributed by atoms with Gasteiger partial charge in [-0.2, -0.15) is 0 Å². The van der Waals surface area contributed by atoms with E-state index in [9.17, 15) is 5.11 Å². The average molecular weight is 381 g/mol. The van der Waals surface area contributed by atoms with Gasteiger partial charge in [-0.25, -0.2) is 0 Å². The lowest BCUT2D eigenvalue weighted by atomic mass is 10.2. The standard InChI is InChI=1S/C16H15BrClN3O/c17-16-10-20(9-12-5-7-13(18)8-6-12)11-21(19-16)14-3-1-2-4-15(14)22/h1-8,10,19,22H,9,11H2. The van der Waals surface area contributed by atoms with Crippen LogP contribution >= 0.6 is 27.5 Å². The lowest BCUT2D eigenvalue weighted by molar-refractivity contribution is 0.332. The second-order valence-corrected chi connectivity index (χ2v) is 6.31. The third-order valence-electron chi connectivity index (χ3n) is 3.33. The molecule has 0 spiro atoms. The van der Waals surface area contributed by atoms with Gasteiger partial charge in [0.1, 0.15) is 22.7 Å². The number of hydrogen-bond donors (Lipinski definition) is 2. The van der Waals surface area contributed by atoms with Gasteiger partial charge in [0.15, 0.2) is 0 Å². The number of halogens is 2. The van der Waals surface area contributed by atoms with Crippen LogP contribution < -0.4 is 10.4 Å². The molecule has 0 saturated carbocycles. The Morgan fingerprint density at radius 2 is 1.86 bits per heavy atom. The first kappa shape index (κ1) is 15.1. The summed E-state index contributed by atoms with van der Waals surface area (Å²) < 4.78 is 0.830. The molecule has 2 aromatic carbocycles. The minimum atomic E-state index is 0.239. The fourth-order valence-electron chi connectivity index (χ4n) is 2.32. The summed E-state index contributed by atoms with van der Waals surface area (Å²) in [5.41, 5.74) is 5.08. The van der Waals surface area contributed by atoms with Crippen LogP contribution in [0.2, 0.25) is 5.02 Å². The van der Waals surface area contributed by atoms with Crippen molar-refractivity contribution in [1.29, 1.82) is 0 Å². The molecule has 114 valence electrons. The van der Waals surface area contributed by atoms with Crippen molar-refractivity contribution in [3.05, 3.63) is 69.9 Å². The fraction of sp³-hybridized carbons (Fsp3) is 0.125. The van der Waals surface area contributed by atoms with Crippen LogP contribution in [0.4, 0.5) is 5.69 Å². The van der Waals surface area contributed by atoms with Crippen LogP contribution in [-0.4, -0.2) is 16.7 Å². The Bertz CT molecular complexity index is 690. The fourth-order valence-corrected chi connectivity index (χ4v) is 2.95. The average Bonchev–Trinajstić information content (AvgIpc) is 2.49. The lowest BCUT2D eigenvalue weighted by Crippen LogP contribution is -2.47. The summed E-state index contributed by atoms with van der Waals surface area (Å²) in [4.78, 5) is 2.14. The number of hydrogen-bond acceptors (Lipinski definition) is 4. The molecule has 1 aliphatic rings. The molecule has 0 amide bonds. The molecule has 0 atom stereocenters. The smallest absolute Gasteiger partial charge is 0.140 e. The van der Waals surface area contributed by atoms with Gasteiger partial charge in [-0.05, 0) is 45.8 Å². The van der Waals surface area contributed by atoms with Crippen molar-refractivity contribution in [3.8, 4) is 5.75 Å². The molecule has 1 heterocycles. The first-order chi connectivity index (χ1) is 10.6. The highest BCUT2D eigenvalue weighted by molar-refractivity contribution is 9.11. The molecule has 2 aromatic rings. The van der Waals surface area contributed by atoms with Crippen molar-refractivity contribution in [3.63, 3.8) is 0 Å². The van der Waals surface area contributed by atoms with Crippen LogP contribution in [0.5, 0.6) is 5.75 Å². The van der Waals surface area contributed by atoms with E-state index in [2.05, 4.69) is 26.3 Å². The first-order valence-corrected chi connectivity index (χ1v) is 7.97. The summed E-state index contributed by atoms with van der Waals surface area (Å²) in [6.45, 7) is 1.35. The van der Waals surface area contributed by atoms with E-state index in [0.717, 1.165) is 21.9 Å². The molecular formula is C16H15BrClN3O. The minimum Gasteiger partial charge on any atom is -0.506 e. The molecule has 0 unspecified atom stereocenters. The van der Waals surface area contributed by atoms with Gasteiger partial charge >= 0.3 is 0 Å². The zero-order valence-corrected chi connectivity index (χ0v) is 14.0. The monoisotopic (exact) mass is 379 g/mol. The van der Waals surface area contributed by atoms with Gasteiger partial charge in [0.2, 0.25) is 0 Å². The Morgan fingerprint density at radius 3 is 2.59 bits per heavy atom. The molecule has 0 radical (unpaired) electrons. The summed E-state index contributed by atoms with van der Waals surface area (Å²) in [5.74, 6) is 0.239. The molecule has 0 aliphatic carbocycles. The summed E-state index contributed by atoms with van der Waals surface area (Å²) in [6.07, 6.45) is 1.99. The highest BCUT2D eigenvalue weighted by atomic mass is 79.9. The maximum Gasteiger partial charge on any atom is 0.140 e. The van der Waals surface area contributed by atoms with Crippen LogP contribution in [0.15, 0.2) is 59.3 Å². The molecule has 2 N–H and O–H groups in total. The number of rotatable bonds is 3. The largest absolute Gasteiger partial charge is 0.506 e. The minimum absolute atomic E-state index is 0.239. The van der Waals surface area contributed by atoms with Crippen molar-refractivity contribution in [2.24, 2.45) is 0 Å². The number of aromatic hydroxyl groups is 1. The summed E-state index contributed by atoms with van der Waals surface area (Å²) in [6, 6.07) is 15.0. The number of anilines is 1. The number of nitrogens with one attached hydrogen (secondary N) is 1. The number of phenolic OH excluding ortho intramolecular Hbond substituents is 1. The van der Waals surface area contributed by atoms with Gasteiger partial charge in [-0.15, -0.1) is 0 Å². The zero-order valence-electron chi connectivity index (χ0n) is 11.7. The van der Waals surface area contributed by atoms with Gasteiger partial charge in [0, 0.05) is 17.8 Å². The topological polar surface area (TPSA) is 38.7 Å². The number of phenols is 1. The molecule has 0 fully saturated rings. The Morgan fingerprint density at radius 1 is 1.14 bits per heavy atom. The van der Waals surface area contributed by atoms with Gasteiger partial charge in [0.05, 0.1) is 0 Å². The Labute approximate surface area is 142 Å². The van der Waals surface area contributed by atoms with E-state index >= 15 is 0 Å². The predicted octanol–water partition coefficient (Wildman–Crippen LogP) is 4.02. The molecular weight excluding hydrogens is 366 g/mol. The normalized spacial score (nSPS) is 14.5. The number of hydrazine groups is 1. The maximum atomic E-state index is 10.0. The van der Waals surface area contributed by atoms with Crippen molar-refractivity contribution >= 4 is 33.2 Å². The van der Waals surface area contributed by atoms with Crippen LogP contribution in [0.1, 0.15) is 5.56 Å². The third-order valence-corrected chi connectivity index (χ3v) is 3.97. The Kier molecular flexibility index (Phi) is 4.45. The summed E-state index contributed by atoms with van der Waals surface area (Å²) in [5, 5.41) is 12.6. The Hall–Kier alpha value is -1.85. The second kappa shape index (κ2) is 6.50. The molecule has 0 bridgehead atoms. The van der Waals surface area contributed by atoms with Crippen LogP contribution in [0.25, 0.3) is 0 Å². The van der Waals surface area contributed by atoms with E-state index in [1.807, 2.05) is 47.6 Å². The first-order valence-electron chi connectivity index (χ1n) is 6.80. The highest BCUT2D eigenvalue weighted by Gasteiger charge is 2.18. The third kappa shape index (κ3) is 3.48.